The number of morpholine rings is 1. The summed E-state index contributed by atoms with van der Waals surface area (Å²) in [4.78, 5) is 30.1. The van der Waals surface area contributed by atoms with Crippen molar-refractivity contribution in [1.82, 2.24) is 9.80 Å². The topological polar surface area (TPSA) is 86.8 Å². The normalized spacial score (nSPS) is 18.3. The van der Waals surface area contributed by atoms with Gasteiger partial charge in [0.05, 0.1) is 12.7 Å². The van der Waals surface area contributed by atoms with Crippen molar-refractivity contribution in [2.45, 2.75) is 20.0 Å². The lowest BCUT2D eigenvalue weighted by Gasteiger charge is -2.36. The summed E-state index contributed by atoms with van der Waals surface area (Å²) in [5.41, 5.74) is 1.08. The van der Waals surface area contributed by atoms with Crippen LogP contribution in [0.4, 0.5) is 0 Å². The zero-order valence-electron chi connectivity index (χ0n) is 19.3. The smallest absolute Gasteiger partial charge is 0.254 e. The SMILES string of the molecule is CC(C)CN(C[C@@H]1CN(C(=O)c2ccc3c(c2)OCO3)CCO1)C(=O)c1ccc2c(c1)OCO2. The quantitative estimate of drug-likeness (QED) is 0.644. The molecule has 3 heterocycles. The van der Waals surface area contributed by atoms with Gasteiger partial charge in [-0.25, -0.2) is 0 Å². The molecule has 3 aliphatic heterocycles. The molecule has 9 heteroatoms. The molecule has 5 rings (SSSR count). The second-order valence-corrected chi connectivity index (χ2v) is 8.98. The molecule has 2 aromatic carbocycles. The molecule has 3 aliphatic rings. The van der Waals surface area contributed by atoms with Gasteiger partial charge in [-0.2, -0.15) is 0 Å². The van der Waals surface area contributed by atoms with Crippen LogP contribution in [0.1, 0.15) is 34.6 Å². The third-order valence-electron chi connectivity index (χ3n) is 5.96. The van der Waals surface area contributed by atoms with Crippen molar-refractivity contribution in [3.8, 4) is 23.0 Å². The molecule has 2 amide bonds. The van der Waals surface area contributed by atoms with E-state index in [1.807, 2.05) is 0 Å². The van der Waals surface area contributed by atoms with E-state index >= 15 is 0 Å². The molecule has 0 saturated carbocycles. The van der Waals surface area contributed by atoms with Gasteiger partial charge in [-0.3, -0.25) is 9.59 Å². The summed E-state index contributed by atoms with van der Waals surface area (Å²) in [5, 5.41) is 0. The second-order valence-electron chi connectivity index (χ2n) is 8.98. The average molecular weight is 469 g/mol. The Balaban J connectivity index is 1.28. The Bertz CT molecular complexity index is 1090. The molecule has 34 heavy (non-hydrogen) atoms. The van der Waals surface area contributed by atoms with Gasteiger partial charge in [-0.1, -0.05) is 13.8 Å². The van der Waals surface area contributed by atoms with E-state index in [0.29, 0.717) is 66.9 Å². The molecule has 0 aliphatic carbocycles. The van der Waals surface area contributed by atoms with Crippen LogP contribution in [-0.4, -0.2) is 74.1 Å². The third kappa shape index (κ3) is 4.61. The zero-order valence-corrected chi connectivity index (χ0v) is 19.3. The fourth-order valence-corrected chi connectivity index (χ4v) is 4.37. The van der Waals surface area contributed by atoms with Gasteiger partial charge in [0.15, 0.2) is 23.0 Å². The molecular weight excluding hydrogens is 440 g/mol. The van der Waals surface area contributed by atoms with E-state index in [9.17, 15) is 9.59 Å². The molecule has 1 saturated heterocycles. The molecule has 9 nitrogen and oxygen atoms in total. The highest BCUT2D eigenvalue weighted by atomic mass is 16.7. The Kier molecular flexibility index (Phi) is 6.19. The first-order chi connectivity index (χ1) is 16.5. The van der Waals surface area contributed by atoms with Gasteiger partial charge in [0.1, 0.15) is 0 Å². The van der Waals surface area contributed by atoms with Crippen molar-refractivity contribution in [1.29, 1.82) is 0 Å². The van der Waals surface area contributed by atoms with Crippen LogP contribution in [0, 0.1) is 5.92 Å². The first-order valence-corrected chi connectivity index (χ1v) is 11.5. The lowest BCUT2D eigenvalue weighted by atomic mass is 10.1. The van der Waals surface area contributed by atoms with E-state index in [1.165, 1.54) is 0 Å². The predicted octanol–water partition coefficient (Wildman–Crippen LogP) is 2.78. The molecule has 1 fully saturated rings. The van der Waals surface area contributed by atoms with Crippen molar-refractivity contribution >= 4 is 11.8 Å². The molecular formula is C25H28N2O7. The van der Waals surface area contributed by atoms with Crippen LogP contribution in [0.15, 0.2) is 36.4 Å². The van der Waals surface area contributed by atoms with E-state index in [0.717, 1.165) is 0 Å². The summed E-state index contributed by atoms with van der Waals surface area (Å²) in [7, 11) is 0. The minimum absolute atomic E-state index is 0.0934. The number of carbonyl (C=O) groups excluding carboxylic acids is 2. The van der Waals surface area contributed by atoms with Gasteiger partial charge >= 0.3 is 0 Å². The minimum Gasteiger partial charge on any atom is -0.454 e. The number of hydrogen-bond acceptors (Lipinski definition) is 7. The summed E-state index contributed by atoms with van der Waals surface area (Å²) in [6.07, 6.45) is -0.288. The van der Waals surface area contributed by atoms with Crippen LogP contribution in [-0.2, 0) is 4.74 Å². The van der Waals surface area contributed by atoms with Gasteiger partial charge in [-0.15, -0.1) is 0 Å². The van der Waals surface area contributed by atoms with E-state index in [2.05, 4.69) is 13.8 Å². The van der Waals surface area contributed by atoms with E-state index < -0.39 is 0 Å². The summed E-state index contributed by atoms with van der Waals surface area (Å²) >= 11 is 0. The number of fused-ring (bicyclic) bond motifs is 2. The van der Waals surface area contributed by atoms with E-state index in [-0.39, 0.29) is 37.4 Å². The van der Waals surface area contributed by atoms with E-state index in [1.54, 1.807) is 46.2 Å². The highest BCUT2D eigenvalue weighted by Crippen LogP contribution is 2.34. The van der Waals surface area contributed by atoms with Crippen molar-refractivity contribution in [2.24, 2.45) is 5.92 Å². The van der Waals surface area contributed by atoms with Gasteiger partial charge in [-0.05, 0) is 42.3 Å². The molecule has 0 radical (unpaired) electrons. The second kappa shape index (κ2) is 9.42. The van der Waals surface area contributed by atoms with Crippen molar-refractivity contribution in [3.63, 3.8) is 0 Å². The summed E-state index contributed by atoms with van der Waals surface area (Å²) in [5.74, 6) is 2.51. The Labute approximate surface area is 198 Å². The number of rotatable bonds is 6. The molecule has 180 valence electrons. The molecule has 0 N–H and O–H groups in total. The van der Waals surface area contributed by atoms with Gasteiger partial charge < -0.3 is 33.5 Å². The highest BCUT2D eigenvalue weighted by molar-refractivity contribution is 5.96. The number of nitrogens with zero attached hydrogens (tertiary/aromatic N) is 2. The molecule has 0 aromatic heterocycles. The lowest BCUT2D eigenvalue weighted by Crippen LogP contribution is -2.51. The highest BCUT2D eigenvalue weighted by Gasteiger charge is 2.30. The van der Waals surface area contributed by atoms with Crippen LogP contribution >= 0.6 is 0 Å². The Morgan fingerprint density at radius 3 is 2.24 bits per heavy atom. The van der Waals surface area contributed by atoms with Gasteiger partial charge in [0, 0.05) is 37.3 Å². The Morgan fingerprint density at radius 2 is 1.56 bits per heavy atom. The fraction of sp³-hybridized carbons (Fsp3) is 0.440. The Morgan fingerprint density at radius 1 is 0.941 bits per heavy atom. The average Bonchev–Trinajstić information content (AvgIpc) is 3.51. The van der Waals surface area contributed by atoms with Crippen molar-refractivity contribution in [3.05, 3.63) is 47.5 Å². The molecule has 2 aromatic rings. The van der Waals surface area contributed by atoms with Crippen LogP contribution < -0.4 is 18.9 Å². The van der Waals surface area contributed by atoms with Gasteiger partial charge in [0.25, 0.3) is 11.8 Å². The maximum absolute atomic E-state index is 13.4. The first kappa shape index (κ1) is 22.3. The molecule has 0 unspecified atom stereocenters. The largest absolute Gasteiger partial charge is 0.454 e. The fourth-order valence-electron chi connectivity index (χ4n) is 4.37. The number of benzene rings is 2. The molecule has 0 bridgehead atoms. The molecule has 1 atom stereocenters. The number of hydrogen-bond donors (Lipinski definition) is 0. The first-order valence-electron chi connectivity index (χ1n) is 11.5. The maximum atomic E-state index is 13.4. The number of amides is 2. The Hall–Kier alpha value is -3.46. The minimum atomic E-state index is -0.288. The van der Waals surface area contributed by atoms with Crippen LogP contribution in [0.2, 0.25) is 0 Å². The van der Waals surface area contributed by atoms with Crippen LogP contribution in [0.5, 0.6) is 23.0 Å². The monoisotopic (exact) mass is 468 g/mol. The zero-order chi connectivity index (χ0) is 23.7. The van der Waals surface area contributed by atoms with Crippen molar-refractivity contribution in [2.75, 3.05) is 46.4 Å². The number of ether oxygens (including phenoxy) is 5. The van der Waals surface area contributed by atoms with Crippen LogP contribution in [0.25, 0.3) is 0 Å². The lowest BCUT2D eigenvalue weighted by molar-refractivity contribution is -0.0340. The van der Waals surface area contributed by atoms with Crippen LogP contribution in [0.3, 0.4) is 0 Å². The third-order valence-corrected chi connectivity index (χ3v) is 5.96. The summed E-state index contributed by atoms with van der Waals surface area (Å²) in [6, 6.07) is 10.4. The molecule has 0 spiro atoms. The predicted molar refractivity (Wildman–Crippen MR) is 122 cm³/mol. The van der Waals surface area contributed by atoms with Gasteiger partial charge in [0.2, 0.25) is 13.6 Å². The number of carbonyl (C=O) groups is 2. The van der Waals surface area contributed by atoms with Crippen molar-refractivity contribution < 1.29 is 33.3 Å². The standard InChI is InChI=1S/C25H28N2O7/c1-16(2)11-27(25(29)18-4-6-21-23(10-18)34-15-32-21)13-19-12-26(7-8-30-19)24(28)17-3-5-20-22(9-17)33-14-31-20/h3-6,9-10,16,19H,7-8,11-15H2,1-2H3/t19-/m0/s1. The maximum Gasteiger partial charge on any atom is 0.254 e. The van der Waals surface area contributed by atoms with E-state index in [4.69, 9.17) is 23.7 Å². The summed E-state index contributed by atoms with van der Waals surface area (Å²) in [6.45, 7) is 6.71. The summed E-state index contributed by atoms with van der Waals surface area (Å²) < 4.78 is 27.5.